The van der Waals surface area contributed by atoms with Gasteiger partial charge in [0.2, 0.25) is 11.8 Å². The highest BCUT2D eigenvalue weighted by Gasteiger charge is 2.55. The van der Waals surface area contributed by atoms with Crippen molar-refractivity contribution in [3.8, 4) is 0 Å². The normalized spacial score (nSPS) is 24.4. The molecule has 2 aliphatic rings. The third-order valence-electron chi connectivity index (χ3n) is 6.67. The lowest BCUT2D eigenvalue weighted by molar-refractivity contribution is -0.881. The Morgan fingerprint density at radius 2 is 1.27 bits per heavy atom. The number of quaternary nitrogens is 1. The van der Waals surface area contributed by atoms with Crippen molar-refractivity contribution in [1.29, 1.82) is 0 Å². The lowest BCUT2D eigenvalue weighted by Crippen LogP contribution is -3.00. The largest absolute Gasteiger partial charge is 1.00 e. The minimum absolute atomic E-state index is 0. The first-order chi connectivity index (χ1) is 15.3. The van der Waals surface area contributed by atoms with Crippen LogP contribution in [0.4, 0.5) is 0 Å². The molecule has 2 N–H and O–H groups in total. The van der Waals surface area contributed by atoms with E-state index in [1.54, 1.807) is 0 Å². The van der Waals surface area contributed by atoms with Crippen LogP contribution in [-0.4, -0.2) is 60.8 Å². The average molecular weight is 468 g/mol. The molecule has 1 saturated heterocycles. The Labute approximate surface area is 201 Å². The lowest BCUT2D eigenvalue weighted by atomic mass is 9.68. The maximum absolute atomic E-state index is 13.6. The van der Waals surface area contributed by atoms with Crippen molar-refractivity contribution in [1.82, 2.24) is 4.90 Å². The summed E-state index contributed by atoms with van der Waals surface area (Å²) in [6, 6.07) is 19.8. The summed E-state index contributed by atoms with van der Waals surface area (Å²) in [7, 11) is 3.76. The number of fused-ring (bicyclic) bond motifs is 1. The first-order valence-electron chi connectivity index (χ1n) is 11.0. The number of amides is 3. The summed E-state index contributed by atoms with van der Waals surface area (Å²) in [5.41, 5.74) is 7.45. The van der Waals surface area contributed by atoms with E-state index in [2.05, 4.69) is 12.2 Å². The molecule has 0 saturated carbocycles. The summed E-state index contributed by atoms with van der Waals surface area (Å²) in [6.07, 6.45) is 4.19. The van der Waals surface area contributed by atoms with Gasteiger partial charge in [0, 0.05) is 11.8 Å². The quantitative estimate of drug-likeness (QED) is 0.332. The van der Waals surface area contributed by atoms with Crippen LogP contribution in [0.2, 0.25) is 0 Å². The van der Waals surface area contributed by atoms with Gasteiger partial charge < -0.3 is 22.6 Å². The summed E-state index contributed by atoms with van der Waals surface area (Å²) in [5.74, 6) is -1.82. The van der Waals surface area contributed by atoms with Crippen molar-refractivity contribution >= 4 is 17.7 Å². The Bertz CT molecular complexity index is 972. The monoisotopic (exact) mass is 467 g/mol. The number of likely N-dealkylation sites (N-methyl/N-ethyl adjacent to an activating group) is 1. The van der Waals surface area contributed by atoms with E-state index < -0.39 is 17.7 Å². The number of nitrogens with zero attached hydrogens (tertiary/aromatic N) is 2. The van der Waals surface area contributed by atoms with Gasteiger partial charge in [0.25, 0.3) is 5.91 Å². The van der Waals surface area contributed by atoms with Gasteiger partial charge in [0.1, 0.15) is 0 Å². The zero-order valence-corrected chi connectivity index (χ0v) is 19.7. The van der Waals surface area contributed by atoms with E-state index in [1.165, 1.54) is 4.90 Å². The Kier molecular flexibility index (Phi) is 7.40. The van der Waals surface area contributed by atoms with Crippen molar-refractivity contribution < 1.29 is 31.3 Å². The maximum Gasteiger partial charge on any atom is 0.272 e. The smallest absolute Gasteiger partial charge is 0.272 e. The molecule has 3 amide bonds. The molecule has 6 nitrogen and oxygen atoms in total. The van der Waals surface area contributed by atoms with Crippen LogP contribution in [0.25, 0.3) is 0 Å². The minimum atomic E-state index is -0.438. The highest BCUT2D eigenvalue weighted by molar-refractivity contribution is 6.06. The molecule has 1 aliphatic heterocycles. The maximum atomic E-state index is 13.6. The van der Waals surface area contributed by atoms with Crippen LogP contribution < -0.4 is 18.1 Å². The van der Waals surface area contributed by atoms with Crippen molar-refractivity contribution in [3.05, 3.63) is 83.9 Å². The predicted molar refractivity (Wildman–Crippen MR) is 122 cm³/mol. The van der Waals surface area contributed by atoms with Crippen LogP contribution >= 0.6 is 0 Å². The second-order valence-corrected chi connectivity index (χ2v) is 9.42. The number of primary amides is 1. The summed E-state index contributed by atoms with van der Waals surface area (Å²) in [5, 5.41) is 0. The van der Waals surface area contributed by atoms with Crippen molar-refractivity contribution in [2.24, 2.45) is 17.6 Å². The van der Waals surface area contributed by atoms with Gasteiger partial charge in [0.05, 0.1) is 39.0 Å². The molecule has 2 aromatic carbocycles. The number of carbonyl (C=O) groups excluding carboxylic acids is 3. The molecule has 0 aromatic heterocycles. The third kappa shape index (κ3) is 5.02. The molecule has 1 fully saturated rings. The molecule has 4 unspecified atom stereocenters. The number of likely N-dealkylation sites (tertiary alicyclic amines) is 1. The number of imide groups is 1. The zero-order chi connectivity index (χ0) is 22.9. The third-order valence-corrected chi connectivity index (χ3v) is 6.67. The Hall–Kier alpha value is -2.96. The van der Waals surface area contributed by atoms with E-state index in [-0.39, 0.29) is 49.1 Å². The summed E-state index contributed by atoms with van der Waals surface area (Å²) in [6.45, 7) is 0.900. The molecule has 2 aromatic rings. The first-order valence-corrected chi connectivity index (χ1v) is 11.0. The molecule has 1 aliphatic carbocycles. The second-order valence-electron chi connectivity index (χ2n) is 9.42. The molecule has 0 radical (unpaired) electrons. The molecule has 7 heteroatoms. The number of benzene rings is 2. The summed E-state index contributed by atoms with van der Waals surface area (Å²) < 4.78 is 0.324. The van der Waals surface area contributed by atoms with E-state index in [0.717, 1.165) is 11.1 Å². The highest BCUT2D eigenvalue weighted by atomic mass is 35.5. The van der Waals surface area contributed by atoms with Gasteiger partial charge in [-0.05, 0) is 11.1 Å². The van der Waals surface area contributed by atoms with Gasteiger partial charge in [-0.15, -0.1) is 0 Å². The molecule has 4 atom stereocenters. The number of nitrogens with two attached hydrogens (primary N) is 1. The Morgan fingerprint density at radius 1 is 0.848 bits per heavy atom. The molecule has 1 heterocycles. The Morgan fingerprint density at radius 3 is 1.67 bits per heavy atom. The fourth-order valence-corrected chi connectivity index (χ4v) is 5.09. The Balaban J connectivity index is 0.00000306. The van der Waals surface area contributed by atoms with Gasteiger partial charge in [-0.3, -0.25) is 19.3 Å². The predicted octanol–water partition coefficient (Wildman–Crippen LogP) is -0.709. The van der Waals surface area contributed by atoms with E-state index in [9.17, 15) is 14.4 Å². The van der Waals surface area contributed by atoms with Gasteiger partial charge >= 0.3 is 0 Å². The SMILES string of the molecule is C[N+](C)(CCN1C(=O)C2C(c3ccccc3)C=CC(c3ccccc3)C2C1=O)CC(N)=O.[Cl-]. The number of hydrogen-bond donors (Lipinski definition) is 1. The molecule has 174 valence electrons. The van der Waals surface area contributed by atoms with Crippen LogP contribution in [-0.2, 0) is 14.4 Å². The standard InChI is InChI=1S/C26H29N3O3.ClH/c1-29(2,17-22(27)30)16-15-28-25(31)23-20(18-9-5-3-6-10-18)13-14-21(24(23)26(28)32)19-11-7-4-8-12-19;/h3-14,20-21,23-24H,15-17H2,1-2H3,(H-,27,30);1H. The number of rotatable bonds is 7. The molecule has 0 bridgehead atoms. The number of allylic oxidation sites excluding steroid dienone is 2. The summed E-state index contributed by atoms with van der Waals surface area (Å²) in [4.78, 5) is 40.1. The number of hydrogen-bond acceptors (Lipinski definition) is 3. The van der Waals surface area contributed by atoms with Crippen LogP contribution in [0.5, 0.6) is 0 Å². The minimum Gasteiger partial charge on any atom is -1.00 e. The van der Waals surface area contributed by atoms with Crippen LogP contribution in [0.15, 0.2) is 72.8 Å². The number of halogens is 1. The van der Waals surface area contributed by atoms with Crippen molar-refractivity contribution in [2.45, 2.75) is 11.8 Å². The van der Waals surface area contributed by atoms with E-state index in [1.807, 2.05) is 74.8 Å². The van der Waals surface area contributed by atoms with Gasteiger partial charge in [-0.1, -0.05) is 72.8 Å². The van der Waals surface area contributed by atoms with Crippen molar-refractivity contribution in [3.63, 3.8) is 0 Å². The van der Waals surface area contributed by atoms with Gasteiger partial charge in [-0.25, -0.2) is 0 Å². The fourth-order valence-electron chi connectivity index (χ4n) is 5.09. The summed E-state index contributed by atoms with van der Waals surface area (Å²) >= 11 is 0. The number of carbonyl (C=O) groups is 3. The average Bonchev–Trinajstić information content (AvgIpc) is 3.02. The van der Waals surface area contributed by atoms with Gasteiger partial charge in [-0.2, -0.15) is 0 Å². The van der Waals surface area contributed by atoms with Gasteiger partial charge in [0.15, 0.2) is 6.54 Å². The van der Waals surface area contributed by atoms with E-state index >= 15 is 0 Å². The molecular formula is C26H30ClN3O3. The van der Waals surface area contributed by atoms with Crippen LogP contribution in [0.1, 0.15) is 23.0 Å². The van der Waals surface area contributed by atoms with Crippen molar-refractivity contribution in [2.75, 3.05) is 33.7 Å². The molecule has 0 spiro atoms. The first kappa shape index (κ1) is 24.7. The van der Waals surface area contributed by atoms with E-state index in [0.29, 0.717) is 11.0 Å². The second kappa shape index (κ2) is 9.89. The zero-order valence-electron chi connectivity index (χ0n) is 18.9. The molecule has 33 heavy (non-hydrogen) atoms. The lowest BCUT2D eigenvalue weighted by Gasteiger charge is -2.32. The topological polar surface area (TPSA) is 80.5 Å². The van der Waals surface area contributed by atoms with Crippen LogP contribution in [0, 0.1) is 11.8 Å². The van der Waals surface area contributed by atoms with E-state index in [4.69, 9.17) is 5.73 Å². The highest BCUT2D eigenvalue weighted by Crippen LogP contribution is 2.49. The molecular weight excluding hydrogens is 438 g/mol. The molecule has 4 rings (SSSR count). The van der Waals surface area contributed by atoms with Crippen LogP contribution in [0.3, 0.4) is 0 Å². The fraction of sp³-hybridized carbons (Fsp3) is 0.346.